The van der Waals surface area contributed by atoms with Crippen LogP contribution in [-0.4, -0.2) is 24.1 Å². The number of carbonyl (C=O) groups excluding carboxylic acids is 1. The smallest absolute Gasteiger partial charge is 0.268 e. The predicted octanol–water partition coefficient (Wildman–Crippen LogP) is 1.34. The van der Waals surface area contributed by atoms with E-state index in [4.69, 9.17) is 4.74 Å². The zero-order valence-electron chi connectivity index (χ0n) is 12.3. The summed E-state index contributed by atoms with van der Waals surface area (Å²) in [5, 5.41) is 2.96. The van der Waals surface area contributed by atoms with Gasteiger partial charge in [-0.2, -0.15) is 0 Å². The standard InChI is InChI=1S/C16H20N2O3/c1-18-9-15(21-2)14(19)7-13(18)16(20)17-8-12-6-10-3-4-11(12)5-10/h3-4,7,9-12H,5-6,8H2,1-2H3,(H,17,20). The molecule has 2 aliphatic carbocycles. The molecule has 0 aromatic carbocycles. The first kappa shape index (κ1) is 13.9. The molecule has 5 nitrogen and oxygen atoms in total. The van der Waals surface area contributed by atoms with Crippen LogP contribution in [0.2, 0.25) is 0 Å². The Labute approximate surface area is 123 Å². The lowest BCUT2D eigenvalue weighted by Crippen LogP contribution is -2.33. The Morgan fingerprint density at radius 2 is 2.24 bits per heavy atom. The number of nitrogens with zero attached hydrogens (tertiary/aromatic N) is 1. The summed E-state index contributed by atoms with van der Waals surface area (Å²) < 4.78 is 6.58. The van der Waals surface area contributed by atoms with Gasteiger partial charge in [0, 0.05) is 19.7 Å². The molecule has 0 spiro atoms. The first-order valence-electron chi connectivity index (χ1n) is 7.29. The van der Waals surface area contributed by atoms with E-state index in [1.165, 1.54) is 25.8 Å². The van der Waals surface area contributed by atoms with E-state index in [9.17, 15) is 9.59 Å². The minimum absolute atomic E-state index is 0.205. The average Bonchev–Trinajstić information content (AvgIpc) is 3.09. The first-order chi connectivity index (χ1) is 10.1. The van der Waals surface area contributed by atoms with Gasteiger partial charge in [0.2, 0.25) is 5.43 Å². The van der Waals surface area contributed by atoms with Crippen LogP contribution in [0.5, 0.6) is 5.75 Å². The van der Waals surface area contributed by atoms with Crippen molar-refractivity contribution in [2.75, 3.05) is 13.7 Å². The third-order valence-corrected chi connectivity index (χ3v) is 4.60. The van der Waals surface area contributed by atoms with Crippen molar-refractivity contribution in [3.05, 3.63) is 40.3 Å². The molecule has 2 aliphatic rings. The van der Waals surface area contributed by atoms with E-state index in [0.717, 1.165) is 6.42 Å². The topological polar surface area (TPSA) is 60.3 Å². The lowest BCUT2D eigenvalue weighted by atomic mass is 9.93. The molecule has 1 heterocycles. The van der Waals surface area contributed by atoms with E-state index in [2.05, 4.69) is 17.5 Å². The summed E-state index contributed by atoms with van der Waals surface area (Å²) in [4.78, 5) is 24.0. The second-order valence-electron chi connectivity index (χ2n) is 5.95. The number of aromatic nitrogens is 1. The fraction of sp³-hybridized carbons (Fsp3) is 0.500. The maximum atomic E-state index is 12.3. The van der Waals surface area contributed by atoms with E-state index < -0.39 is 0 Å². The monoisotopic (exact) mass is 288 g/mol. The number of carbonyl (C=O) groups is 1. The van der Waals surface area contributed by atoms with Gasteiger partial charge in [-0.05, 0) is 30.6 Å². The number of aryl methyl sites for hydroxylation is 1. The lowest BCUT2D eigenvalue weighted by molar-refractivity contribution is 0.0936. The summed E-state index contributed by atoms with van der Waals surface area (Å²) in [6.45, 7) is 0.671. The van der Waals surface area contributed by atoms with Gasteiger partial charge in [0.25, 0.3) is 5.91 Å². The number of methoxy groups -OCH3 is 1. The van der Waals surface area contributed by atoms with Crippen LogP contribution in [-0.2, 0) is 7.05 Å². The molecule has 1 N–H and O–H groups in total. The van der Waals surface area contributed by atoms with Gasteiger partial charge < -0.3 is 14.6 Å². The van der Waals surface area contributed by atoms with Crippen molar-refractivity contribution in [1.82, 2.24) is 9.88 Å². The number of allylic oxidation sites excluding steroid dienone is 2. The van der Waals surface area contributed by atoms with Gasteiger partial charge in [0.05, 0.1) is 13.3 Å². The molecule has 5 heteroatoms. The Balaban J connectivity index is 1.67. The highest BCUT2D eigenvalue weighted by molar-refractivity contribution is 5.92. The van der Waals surface area contributed by atoms with E-state index in [1.807, 2.05) is 0 Å². The number of pyridine rings is 1. The molecule has 1 fully saturated rings. The Morgan fingerprint density at radius 1 is 1.43 bits per heavy atom. The van der Waals surface area contributed by atoms with Crippen molar-refractivity contribution in [3.63, 3.8) is 0 Å². The van der Waals surface area contributed by atoms with Crippen molar-refractivity contribution in [2.45, 2.75) is 12.8 Å². The van der Waals surface area contributed by atoms with Crippen LogP contribution in [0, 0.1) is 17.8 Å². The average molecular weight is 288 g/mol. The second-order valence-corrected chi connectivity index (χ2v) is 5.95. The van der Waals surface area contributed by atoms with E-state index in [-0.39, 0.29) is 17.1 Å². The Bertz CT molecular complexity index is 647. The van der Waals surface area contributed by atoms with Crippen LogP contribution >= 0.6 is 0 Å². The Kier molecular flexibility index (Phi) is 3.57. The van der Waals surface area contributed by atoms with Crippen LogP contribution in [0.15, 0.2) is 29.2 Å². The highest BCUT2D eigenvalue weighted by Crippen LogP contribution is 2.42. The van der Waals surface area contributed by atoms with Crippen LogP contribution in [0.25, 0.3) is 0 Å². The van der Waals surface area contributed by atoms with Crippen molar-refractivity contribution in [3.8, 4) is 5.75 Å². The molecule has 112 valence electrons. The third-order valence-electron chi connectivity index (χ3n) is 4.60. The maximum absolute atomic E-state index is 12.3. The number of hydrogen-bond acceptors (Lipinski definition) is 3. The third kappa shape index (κ3) is 2.60. The van der Waals surface area contributed by atoms with E-state index in [1.54, 1.807) is 11.6 Å². The summed E-state index contributed by atoms with van der Waals surface area (Å²) in [6, 6.07) is 1.33. The van der Waals surface area contributed by atoms with Gasteiger partial charge in [0.15, 0.2) is 5.75 Å². The SMILES string of the molecule is COc1cn(C)c(C(=O)NCC2CC3C=CC2C3)cc1=O. The largest absolute Gasteiger partial charge is 0.491 e. The number of hydrogen-bond donors (Lipinski definition) is 1. The Morgan fingerprint density at radius 3 is 2.86 bits per heavy atom. The molecular weight excluding hydrogens is 268 g/mol. The fourth-order valence-electron chi connectivity index (χ4n) is 3.43. The summed E-state index contributed by atoms with van der Waals surface area (Å²) in [5.74, 6) is 1.87. The number of fused-ring (bicyclic) bond motifs is 2. The van der Waals surface area contributed by atoms with Gasteiger partial charge in [-0.1, -0.05) is 12.2 Å². The molecule has 1 aromatic rings. The zero-order valence-corrected chi connectivity index (χ0v) is 12.3. The molecular formula is C16H20N2O3. The minimum Gasteiger partial charge on any atom is -0.491 e. The van der Waals surface area contributed by atoms with Gasteiger partial charge in [-0.25, -0.2) is 0 Å². The quantitative estimate of drug-likeness (QED) is 0.850. The molecule has 0 radical (unpaired) electrons. The molecule has 1 saturated carbocycles. The predicted molar refractivity (Wildman–Crippen MR) is 79.4 cm³/mol. The van der Waals surface area contributed by atoms with Gasteiger partial charge in [0.1, 0.15) is 5.69 Å². The number of amides is 1. The van der Waals surface area contributed by atoms with E-state index in [0.29, 0.717) is 30.0 Å². The van der Waals surface area contributed by atoms with Crippen LogP contribution < -0.4 is 15.5 Å². The number of rotatable bonds is 4. The molecule has 2 bridgehead atoms. The highest BCUT2D eigenvalue weighted by atomic mass is 16.5. The second kappa shape index (κ2) is 5.39. The Hall–Kier alpha value is -2.04. The number of ether oxygens (including phenoxy) is 1. The van der Waals surface area contributed by atoms with Crippen LogP contribution in [0.1, 0.15) is 23.3 Å². The summed E-state index contributed by atoms with van der Waals surface area (Å²) in [5.41, 5.74) is 0.0862. The molecule has 3 atom stereocenters. The fourth-order valence-corrected chi connectivity index (χ4v) is 3.43. The number of nitrogens with one attached hydrogen (secondary N) is 1. The molecule has 3 unspecified atom stereocenters. The lowest BCUT2D eigenvalue weighted by Gasteiger charge is -2.19. The summed E-state index contributed by atoms with van der Waals surface area (Å²) >= 11 is 0. The van der Waals surface area contributed by atoms with Gasteiger partial charge in [-0.15, -0.1) is 0 Å². The summed E-state index contributed by atoms with van der Waals surface area (Å²) in [7, 11) is 3.18. The van der Waals surface area contributed by atoms with Crippen molar-refractivity contribution in [1.29, 1.82) is 0 Å². The van der Waals surface area contributed by atoms with Gasteiger partial charge in [-0.3, -0.25) is 9.59 Å². The van der Waals surface area contributed by atoms with Crippen molar-refractivity contribution in [2.24, 2.45) is 24.8 Å². The van der Waals surface area contributed by atoms with Crippen molar-refractivity contribution < 1.29 is 9.53 Å². The molecule has 0 aliphatic heterocycles. The van der Waals surface area contributed by atoms with E-state index >= 15 is 0 Å². The van der Waals surface area contributed by atoms with Crippen LogP contribution in [0.4, 0.5) is 0 Å². The van der Waals surface area contributed by atoms with Gasteiger partial charge >= 0.3 is 0 Å². The summed E-state index contributed by atoms with van der Waals surface area (Å²) in [6.07, 6.45) is 8.48. The minimum atomic E-state index is -0.274. The normalized spacial score (nSPS) is 26.1. The molecule has 0 saturated heterocycles. The maximum Gasteiger partial charge on any atom is 0.268 e. The zero-order chi connectivity index (χ0) is 15.0. The first-order valence-corrected chi connectivity index (χ1v) is 7.29. The molecule has 1 amide bonds. The molecule has 3 rings (SSSR count). The molecule has 21 heavy (non-hydrogen) atoms. The highest BCUT2D eigenvalue weighted by Gasteiger charge is 2.35. The molecule has 1 aromatic heterocycles. The van der Waals surface area contributed by atoms with Crippen LogP contribution in [0.3, 0.4) is 0 Å². The van der Waals surface area contributed by atoms with Crippen molar-refractivity contribution >= 4 is 5.91 Å².